The van der Waals surface area contributed by atoms with E-state index in [2.05, 4.69) is 26.0 Å². The van der Waals surface area contributed by atoms with Gasteiger partial charge in [-0.1, -0.05) is 38.1 Å². The zero-order chi connectivity index (χ0) is 16.7. The molecule has 4 heteroatoms. The number of hydrogen-bond donors (Lipinski definition) is 1. The highest BCUT2D eigenvalue weighted by Crippen LogP contribution is 2.12. The van der Waals surface area contributed by atoms with Gasteiger partial charge in [-0.2, -0.15) is 0 Å². The molecule has 1 amide bonds. The molecule has 0 aliphatic carbocycles. The molecule has 0 bridgehead atoms. The molecule has 0 aromatic heterocycles. The van der Waals surface area contributed by atoms with Crippen LogP contribution in [-0.2, 0) is 22.4 Å². The number of nitrogens with zero attached hydrogens (tertiary/aromatic N) is 1. The average molecular weight is 305 g/mol. The van der Waals surface area contributed by atoms with Crippen LogP contribution in [0, 0.1) is 5.92 Å². The van der Waals surface area contributed by atoms with Gasteiger partial charge in [-0.05, 0) is 37.3 Å². The first-order valence-corrected chi connectivity index (χ1v) is 7.88. The Bertz CT molecular complexity index is 492. The zero-order valence-corrected chi connectivity index (χ0v) is 14.0. The first-order chi connectivity index (χ1) is 10.3. The lowest BCUT2D eigenvalue weighted by Gasteiger charge is -2.26. The van der Waals surface area contributed by atoms with Crippen molar-refractivity contribution in [2.24, 2.45) is 5.92 Å². The molecule has 1 rings (SSSR count). The topological polar surface area (TPSA) is 57.6 Å². The van der Waals surface area contributed by atoms with Gasteiger partial charge < -0.3 is 10.0 Å². The molecule has 0 spiro atoms. The van der Waals surface area contributed by atoms with Crippen molar-refractivity contribution in [3.8, 4) is 0 Å². The summed E-state index contributed by atoms with van der Waals surface area (Å²) in [5.74, 6) is -0.288. The van der Waals surface area contributed by atoms with Crippen molar-refractivity contribution in [3.63, 3.8) is 0 Å². The van der Waals surface area contributed by atoms with Crippen molar-refractivity contribution in [2.75, 3.05) is 6.54 Å². The second-order valence-corrected chi connectivity index (χ2v) is 6.42. The summed E-state index contributed by atoms with van der Waals surface area (Å²) >= 11 is 0. The van der Waals surface area contributed by atoms with E-state index in [0.29, 0.717) is 12.3 Å². The molecule has 0 unspecified atom stereocenters. The molecular formula is C18H27NO3. The highest BCUT2D eigenvalue weighted by Gasteiger charge is 2.18. The van der Waals surface area contributed by atoms with Crippen molar-refractivity contribution in [2.45, 2.75) is 53.0 Å². The molecule has 0 aliphatic heterocycles. The normalized spacial score (nSPS) is 11.0. The van der Waals surface area contributed by atoms with Gasteiger partial charge in [0, 0.05) is 12.6 Å². The van der Waals surface area contributed by atoms with Gasteiger partial charge in [0.25, 0.3) is 0 Å². The van der Waals surface area contributed by atoms with Gasteiger partial charge in [0.1, 0.15) is 0 Å². The largest absolute Gasteiger partial charge is 0.481 e. The van der Waals surface area contributed by atoms with Crippen molar-refractivity contribution in [1.29, 1.82) is 0 Å². The van der Waals surface area contributed by atoms with Crippen LogP contribution in [0.4, 0.5) is 0 Å². The van der Waals surface area contributed by atoms with Crippen LogP contribution < -0.4 is 0 Å². The summed E-state index contributed by atoms with van der Waals surface area (Å²) in [5, 5.41) is 8.78. The molecular weight excluding hydrogens is 278 g/mol. The van der Waals surface area contributed by atoms with Crippen molar-refractivity contribution >= 4 is 11.9 Å². The molecule has 0 aliphatic rings. The quantitative estimate of drug-likeness (QED) is 0.802. The molecule has 0 saturated carbocycles. The molecule has 4 nitrogen and oxygen atoms in total. The van der Waals surface area contributed by atoms with E-state index in [4.69, 9.17) is 5.11 Å². The van der Waals surface area contributed by atoms with Crippen LogP contribution >= 0.6 is 0 Å². The Morgan fingerprint density at radius 2 is 1.59 bits per heavy atom. The Labute approximate surface area is 133 Å². The van der Waals surface area contributed by atoms with E-state index in [1.807, 2.05) is 26.0 Å². The number of benzene rings is 1. The van der Waals surface area contributed by atoms with Crippen LogP contribution in [0.5, 0.6) is 0 Å². The number of carboxylic acids is 1. The number of hydrogen-bond acceptors (Lipinski definition) is 2. The maximum Gasteiger partial charge on any atom is 0.305 e. The average Bonchev–Trinajstić information content (AvgIpc) is 2.39. The minimum absolute atomic E-state index is 0.00654. The van der Waals surface area contributed by atoms with E-state index >= 15 is 0 Å². The van der Waals surface area contributed by atoms with E-state index in [1.165, 1.54) is 5.56 Å². The molecule has 1 N–H and O–H groups in total. The van der Waals surface area contributed by atoms with Gasteiger partial charge in [0.05, 0.1) is 12.8 Å². The summed E-state index contributed by atoms with van der Waals surface area (Å²) in [5.41, 5.74) is 2.25. The number of carboxylic acid groups (broad SMARTS) is 1. The fraction of sp³-hybridized carbons (Fsp3) is 0.556. The lowest BCUT2D eigenvalue weighted by atomic mass is 10.0. The molecule has 122 valence electrons. The maximum atomic E-state index is 12.4. The molecule has 22 heavy (non-hydrogen) atoms. The van der Waals surface area contributed by atoms with Crippen molar-refractivity contribution < 1.29 is 14.7 Å². The van der Waals surface area contributed by atoms with Crippen LogP contribution in [0.3, 0.4) is 0 Å². The number of amides is 1. The van der Waals surface area contributed by atoms with Gasteiger partial charge in [-0.3, -0.25) is 9.59 Å². The van der Waals surface area contributed by atoms with E-state index in [1.54, 1.807) is 4.90 Å². The fourth-order valence-electron chi connectivity index (χ4n) is 2.43. The highest BCUT2D eigenvalue weighted by molar-refractivity contribution is 5.79. The second-order valence-electron chi connectivity index (χ2n) is 6.42. The lowest BCUT2D eigenvalue weighted by molar-refractivity contribution is -0.139. The van der Waals surface area contributed by atoms with Crippen LogP contribution in [-0.4, -0.2) is 34.5 Å². The predicted molar refractivity (Wildman–Crippen MR) is 87.8 cm³/mol. The fourth-order valence-corrected chi connectivity index (χ4v) is 2.43. The standard InChI is InChI=1S/C18H27NO3/c1-13(2)11-15-5-7-16(8-6-15)12-17(20)19(14(3)4)10-9-18(21)22/h5-8,13-14H,9-12H2,1-4H3,(H,21,22). The number of carbonyl (C=O) groups excluding carboxylic acids is 1. The Morgan fingerprint density at radius 3 is 2.05 bits per heavy atom. The van der Waals surface area contributed by atoms with Crippen LogP contribution in [0.2, 0.25) is 0 Å². The second kappa shape index (κ2) is 8.57. The summed E-state index contributed by atoms with van der Waals surface area (Å²) in [6.45, 7) is 8.44. The molecule has 0 fully saturated rings. The SMILES string of the molecule is CC(C)Cc1ccc(CC(=O)N(CCC(=O)O)C(C)C)cc1. The lowest BCUT2D eigenvalue weighted by Crippen LogP contribution is -2.39. The van der Waals surface area contributed by atoms with E-state index in [-0.39, 0.29) is 24.9 Å². The summed E-state index contributed by atoms with van der Waals surface area (Å²) in [6, 6.07) is 8.13. The third-order valence-corrected chi connectivity index (χ3v) is 3.53. The van der Waals surface area contributed by atoms with E-state index in [0.717, 1.165) is 12.0 Å². The van der Waals surface area contributed by atoms with Crippen LogP contribution in [0.1, 0.15) is 45.2 Å². The first-order valence-electron chi connectivity index (χ1n) is 7.88. The van der Waals surface area contributed by atoms with Gasteiger partial charge in [-0.25, -0.2) is 0 Å². The Kier molecular flexibility index (Phi) is 7.09. The Morgan fingerprint density at radius 1 is 1.05 bits per heavy atom. The Hall–Kier alpha value is -1.84. The molecule has 0 heterocycles. The summed E-state index contributed by atoms with van der Waals surface area (Å²) in [6.07, 6.45) is 1.34. The maximum absolute atomic E-state index is 12.4. The first kappa shape index (κ1) is 18.2. The van der Waals surface area contributed by atoms with Gasteiger partial charge >= 0.3 is 5.97 Å². The van der Waals surface area contributed by atoms with Crippen molar-refractivity contribution in [3.05, 3.63) is 35.4 Å². The third-order valence-electron chi connectivity index (χ3n) is 3.53. The minimum atomic E-state index is -0.878. The minimum Gasteiger partial charge on any atom is -0.481 e. The van der Waals surface area contributed by atoms with Gasteiger partial charge in [0.2, 0.25) is 5.91 Å². The van der Waals surface area contributed by atoms with Crippen LogP contribution in [0.15, 0.2) is 24.3 Å². The molecule has 0 saturated heterocycles. The number of aliphatic carboxylic acids is 1. The van der Waals surface area contributed by atoms with Gasteiger partial charge in [-0.15, -0.1) is 0 Å². The van der Waals surface area contributed by atoms with Crippen LogP contribution in [0.25, 0.3) is 0 Å². The number of rotatable bonds is 8. The van der Waals surface area contributed by atoms with Gasteiger partial charge in [0.15, 0.2) is 0 Å². The predicted octanol–water partition coefficient (Wildman–Crippen LogP) is 3.14. The third kappa shape index (κ3) is 6.29. The molecule has 1 aromatic rings. The summed E-state index contributed by atoms with van der Waals surface area (Å²) in [7, 11) is 0. The Balaban J connectivity index is 2.66. The van der Waals surface area contributed by atoms with E-state index < -0.39 is 5.97 Å². The number of carbonyl (C=O) groups is 2. The summed E-state index contributed by atoms with van der Waals surface area (Å²) < 4.78 is 0. The smallest absolute Gasteiger partial charge is 0.305 e. The zero-order valence-electron chi connectivity index (χ0n) is 14.0. The molecule has 1 aromatic carbocycles. The van der Waals surface area contributed by atoms with E-state index in [9.17, 15) is 9.59 Å². The van der Waals surface area contributed by atoms with Crippen molar-refractivity contribution in [1.82, 2.24) is 4.90 Å². The molecule has 0 radical (unpaired) electrons. The highest BCUT2D eigenvalue weighted by atomic mass is 16.4. The monoisotopic (exact) mass is 305 g/mol. The summed E-state index contributed by atoms with van der Waals surface area (Å²) in [4.78, 5) is 24.7. The molecule has 0 atom stereocenters.